The topological polar surface area (TPSA) is 12.0 Å². The van der Waals surface area contributed by atoms with E-state index in [0.717, 1.165) is 31.8 Å². The van der Waals surface area contributed by atoms with Crippen molar-refractivity contribution in [3.63, 3.8) is 0 Å². The van der Waals surface area contributed by atoms with Gasteiger partial charge in [0.1, 0.15) is 0 Å². The molecule has 1 N–H and O–H groups in total. The molecule has 0 amide bonds. The average molecular weight is 245 g/mol. The monoisotopic (exact) mass is 245 g/mol. The van der Waals surface area contributed by atoms with Gasteiger partial charge in [0.25, 0.3) is 0 Å². The molecule has 0 spiro atoms. The van der Waals surface area contributed by atoms with Gasteiger partial charge in [0.15, 0.2) is 0 Å². The van der Waals surface area contributed by atoms with E-state index >= 15 is 0 Å². The van der Waals surface area contributed by atoms with Crippen LogP contribution in [0.5, 0.6) is 0 Å². The molecule has 0 bridgehead atoms. The third-order valence-electron chi connectivity index (χ3n) is 4.14. The van der Waals surface area contributed by atoms with E-state index in [-0.39, 0.29) is 18.8 Å². The molecule has 2 fully saturated rings. The van der Waals surface area contributed by atoms with Crippen LogP contribution in [0.1, 0.15) is 58.3 Å². The summed E-state index contributed by atoms with van der Waals surface area (Å²) < 4.78 is 26.5. The van der Waals surface area contributed by atoms with Gasteiger partial charge >= 0.3 is 0 Å². The van der Waals surface area contributed by atoms with Crippen molar-refractivity contribution < 1.29 is 8.78 Å². The molecule has 2 unspecified atom stereocenters. The predicted molar refractivity (Wildman–Crippen MR) is 66.3 cm³/mol. The van der Waals surface area contributed by atoms with Gasteiger partial charge in [-0.25, -0.2) is 8.78 Å². The molecule has 0 aromatic carbocycles. The first-order valence-corrected chi connectivity index (χ1v) is 7.16. The lowest BCUT2D eigenvalue weighted by atomic mass is 9.82. The minimum atomic E-state index is -2.38. The predicted octanol–water partition coefficient (Wildman–Crippen LogP) is 3.98. The Labute approximate surface area is 103 Å². The van der Waals surface area contributed by atoms with E-state index in [1.54, 1.807) is 0 Å². The number of hydrogen-bond donors (Lipinski definition) is 1. The zero-order chi connectivity index (χ0) is 12.3. The van der Waals surface area contributed by atoms with Crippen molar-refractivity contribution in [3.05, 3.63) is 0 Å². The maximum Gasteiger partial charge on any atom is 0.248 e. The quantitative estimate of drug-likeness (QED) is 0.746. The van der Waals surface area contributed by atoms with Crippen molar-refractivity contribution in [2.45, 2.75) is 70.3 Å². The summed E-state index contributed by atoms with van der Waals surface area (Å²) in [5.74, 6) is -1.48. The molecular weight excluding hydrogens is 220 g/mol. The Bertz CT molecular complexity index is 238. The molecule has 2 aliphatic carbocycles. The summed E-state index contributed by atoms with van der Waals surface area (Å²) in [6.45, 7) is 3.30. The Balaban J connectivity index is 1.59. The average Bonchev–Trinajstić information content (AvgIpc) is 3.06. The van der Waals surface area contributed by atoms with Gasteiger partial charge in [0.05, 0.1) is 0 Å². The summed E-state index contributed by atoms with van der Waals surface area (Å²) >= 11 is 0. The fourth-order valence-electron chi connectivity index (χ4n) is 2.80. The van der Waals surface area contributed by atoms with E-state index in [4.69, 9.17) is 0 Å². The molecule has 0 heterocycles. The lowest BCUT2D eigenvalue weighted by molar-refractivity contribution is -0.0541. The maximum atomic E-state index is 13.2. The smallest absolute Gasteiger partial charge is 0.248 e. The van der Waals surface area contributed by atoms with Crippen molar-refractivity contribution in [2.24, 2.45) is 11.8 Å². The minimum Gasteiger partial charge on any atom is -0.314 e. The summed E-state index contributed by atoms with van der Waals surface area (Å²) in [6.07, 6.45) is 6.70. The number of rotatable bonds is 6. The molecule has 0 radical (unpaired) electrons. The summed E-state index contributed by atoms with van der Waals surface area (Å²) in [6, 6.07) is 0.761. The maximum absolute atomic E-state index is 13.2. The molecule has 0 saturated heterocycles. The van der Waals surface area contributed by atoms with E-state index in [1.807, 2.05) is 0 Å². The minimum absolute atomic E-state index is 0.113. The first-order valence-electron chi connectivity index (χ1n) is 7.16. The van der Waals surface area contributed by atoms with Crippen LogP contribution >= 0.6 is 0 Å². The zero-order valence-corrected chi connectivity index (χ0v) is 10.9. The summed E-state index contributed by atoms with van der Waals surface area (Å²) in [5, 5.41) is 3.51. The number of nitrogens with one attached hydrogen (secondary N) is 1. The van der Waals surface area contributed by atoms with Crippen LogP contribution in [0.4, 0.5) is 8.78 Å². The van der Waals surface area contributed by atoms with Crippen LogP contribution in [0.3, 0.4) is 0 Å². The van der Waals surface area contributed by atoms with E-state index in [1.165, 1.54) is 12.8 Å². The second kappa shape index (κ2) is 5.64. The van der Waals surface area contributed by atoms with Gasteiger partial charge < -0.3 is 5.32 Å². The van der Waals surface area contributed by atoms with Gasteiger partial charge in [-0.15, -0.1) is 0 Å². The van der Waals surface area contributed by atoms with Gasteiger partial charge in [-0.2, -0.15) is 0 Å². The highest BCUT2D eigenvalue weighted by molar-refractivity contribution is 4.82. The highest BCUT2D eigenvalue weighted by Crippen LogP contribution is 2.38. The summed E-state index contributed by atoms with van der Waals surface area (Å²) in [7, 11) is 0. The van der Waals surface area contributed by atoms with Crippen molar-refractivity contribution in [3.8, 4) is 0 Å². The molecule has 0 aromatic rings. The first-order chi connectivity index (χ1) is 8.05. The van der Waals surface area contributed by atoms with Crippen molar-refractivity contribution in [1.82, 2.24) is 5.32 Å². The van der Waals surface area contributed by atoms with Crippen LogP contribution in [0, 0.1) is 11.8 Å². The van der Waals surface area contributed by atoms with E-state index in [0.29, 0.717) is 12.3 Å². The number of halogens is 2. The molecular formula is C14H25F2N. The van der Waals surface area contributed by atoms with Crippen LogP contribution in [0.2, 0.25) is 0 Å². The fraction of sp³-hybridized carbons (Fsp3) is 1.00. The van der Waals surface area contributed by atoms with Crippen LogP contribution in [0.25, 0.3) is 0 Å². The molecule has 2 atom stereocenters. The molecule has 0 aromatic heterocycles. The first kappa shape index (κ1) is 13.3. The summed E-state index contributed by atoms with van der Waals surface area (Å²) in [5.41, 5.74) is 0. The third kappa shape index (κ3) is 4.90. The Morgan fingerprint density at radius 3 is 2.71 bits per heavy atom. The van der Waals surface area contributed by atoms with Crippen LogP contribution in [-0.2, 0) is 0 Å². The fourth-order valence-corrected chi connectivity index (χ4v) is 2.80. The van der Waals surface area contributed by atoms with Crippen LogP contribution in [0.15, 0.2) is 0 Å². The van der Waals surface area contributed by atoms with Crippen LogP contribution in [-0.4, -0.2) is 18.5 Å². The molecule has 2 saturated carbocycles. The van der Waals surface area contributed by atoms with Gasteiger partial charge in [0, 0.05) is 18.9 Å². The highest BCUT2D eigenvalue weighted by atomic mass is 19.3. The molecule has 3 heteroatoms. The highest BCUT2D eigenvalue weighted by Gasteiger charge is 2.35. The molecule has 1 nitrogen and oxygen atoms in total. The van der Waals surface area contributed by atoms with Crippen LogP contribution < -0.4 is 5.32 Å². The second-order valence-electron chi connectivity index (χ2n) is 6.18. The van der Waals surface area contributed by atoms with Crippen molar-refractivity contribution in [1.29, 1.82) is 0 Å². The molecule has 100 valence electrons. The standard InChI is InChI=1S/C14H25F2N/c1-11(10-17-13-6-7-13)4-5-12-3-2-8-14(15,16)9-12/h11-13,17H,2-10H2,1H3. The third-order valence-corrected chi connectivity index (χ3v) is 4.14. The Hall–Kier alpha value is -0.180. The molecule has 0 aliphatic heterocycles. The Morgan fingerprint density at radius 2 is 2.06 bits per heavy atom. The van der Waals surface area contributed by atoms with Gasteiger partial charge in [-0.1, -0.05) is 13.3 Å². The molecule has 17 heavy (non-hydrogen) atoms. The lowest BCUT2D eigenvalue weighted by Crippen LogP contribution is -2.27. The van der Waals surface area contributed by atoms with Gasteiger partial charge in [-0.3, -0.25) is 0 Å². The van der Waals surface area contributed by atoms with E-state index in [9.17, 15) is 8.78 Å². The molecule has 2 rings (SSSR count). The second-order valence-corrected chi connectivity index (χ2v) is 6.18. The van der Waals surface area contributed by atoms with Crippen molar-refractivity contribution >= 4 is 0 Å². The Kier molecular flexibility index (Phi) is 4.40. The Morgan fingerprint density at radius 1 is 1.29 bits per heavy atom. The lowest BCUT2D eigenvalue weighted by Gasteiger charge is -2.29. The summed E-state index contributed by atoms with van der Waals surface area (Å²) in [4.78, 5) is 0. The normalized spacial score (nSPS) is 30.2. The largest absolute Gasteiger partial charge is 0.314 e. The van der Waals surface area contributed by atoms with Crippen molar-refractivity contribution in [2.75, 3.05) is 6.54 Å². The number of hydrogen-bond acceptors (Lipinski definition) is 1. The van der Waals surface area contributed by atoms with Gasteiger partial charge in [-0.05, 0) is 50.5 Å². The zero-order valence-electron chi connectivity index (χ0n) is 10.9. The van der Waals surface area contributed by atoms with E-state index in [2.05, 4.69) is 12.2 Å². The molecule has 2 aliphatic rings. The van der Waals surface area contributed by atoms with E-state index < -0.39 is 5.92 Å². The van der Waals surface area contributed by atoms with Gasteiger partial charge in [0.2, 0.25) is 5.92 Å². The number of alkyl halides is 2. The SMILES string of the molecule is CC(CCC1CCCC(F)(F)C1)CNC1CC1.